The van der Waals surface area contributed by atoms with Gasteiger partial charge in [-0.2, -0.15) is 0 Å². The monoisotopic (exact) mass is 398 g/mol. The molecule has 0 amide bonds. The van der Waals surface area contributed by atoms with Gasteiger partial charge in [0.1, 0.15) is 16.4 Å². The molecule has 1 aliphatic carbocycles. The number of anilines is 2. The van der Waals surface area contributed by atoms with Crippen LogP contribution >= 0.6 is 34.7 Å². The van der Waals surface area contributed by atoms with Gasteiger partial charge in [0, 0.05) is 6.54 Å². The van der Waals surface area contributed by atoms with Gasteiger partial charge in [-0.3, -0.25) is 14.2 Å². The maximum absolute atomic E-state index is 12.2. The maximum atomic E-state index is 12.2. The van der Waals surface area contributed by atoms with Gasteiger partial charge in [-0.05, 0) is 42.4 Å². The number of benzene rings is 1. The summed E-state index contributed by atoms with van der Waals surface area (Å²) in [6.07, 6.45) is 6.16. The fourth-order valence-electron chi connectivity index (χ4n) is 3.02. The summed E-state index contributed by atoms with van der Waals surface area (Å²) in [4.78, 5) is 16.6. The molecule has 1 heterocycles. The third-order valence-corrected chi connectivity index (χ3v) is 6.02. The van der Waals surface area contributed by atoms with Gasteiger partial charge in [-0.15, -0.1) is 0 Å². The number of halogens is 2. The second kappa shape index (κ2) is 8.25. The molecule has 1 saturated carbocycles. The number of aliphatic imine (C=N–C) groups is 1. The largest absolute Gasteiger partial charge is 0.383 e. The number of amidine groups is 1. The first-order valence-corrected chi connectivity index (χ1v) is 9.86. The highest BCUT2D eigenvalue weighted by molar-refractivity contribution is 7.10. The van der Waals surface area contributed by atoms with Crippen molar-refractivity contribution in [3.63, 3.8) is 0 Å². The molecule has 0 atom stereocenters. The molecule has 3 rings (SSSR count). The Hall–Kier alpha value is -1.50. The molecular weight excluding hydrogens is 379 g/mol. The Kier molecular flexibility index (Phi) is 6.04. The Bertz CT molecular complexity index is 824. The molecule has 1 fully saturated rings. The van der Waals surface area contributed by atoms with Crippen LogP contribution in [0.5, 0.6) is 0 Å². The van der Waals surface area contributed by atoms with Crippen molar-refractivity contribution in [3.05, 3.63) is 44.2 Å². The lowest BCUT2D eigenvalue weighted by atomic mass is 9.89. The van der Waals surface area contributed by atoms with Crippen LogP contribution in [0.3, 0.4) is 0 Å². The minimum Gasteiger partial charge on any atom is -0.383 e. The van der Waals surface area contributed by atoms with Gasteiger partial charge in [-0.25, -0.2) is 0 Å². The van der Waals surface area contributed by atoms with Crippen molar-refractivity contribution < 1.29 is 0 Å². The van der Waals surface area contributed by atoms with E-state index in [1.165, 1.54) is 32.1 Å². The smallest absolute Gasteiger partial charge is 0.271 e. The van der Waals surface area contributed by atoms with Crippen LogP contribution in [0.25, 0.3) is 0 Å². The maximum Gasteiger partial charge on any atom is 0.271 e. The summed E-state index contributed by atoms with van der Waals surface area (Å²) in [6, 6.07) is 5.28. The van der Waals surface area contributed by atoms with E-state index in [0.29, 0.717) is 38.8 Å². The highest BCUT2D eigenvalue weighted by atomic mass is 35.5. The highest BCUT2D eigenvalue weighted by Gasteiger charge is 2.18. The molecule has 25 heavy (non-hydrogen) atoms. The molecule has 1 aromatic carbocycles. The number of H-pyrrole nitrogens is 1. The van der Waals surface area contributed by atoms with E-state index in [2.05, 4.69) is 14.7 Å². The first kappa shape index (κ1) is 18.3. The Morgan fingerprint density at radius 2 is 2.08 bits per heavy atom. The number of nitrogens with zero attached hydrogens (tertiary/aromatic N) is 1. The molecule has 0 radical (unpaired) electrons. The Morgan fingerprint density at radius 1 is 1.32 bits per heavy atom. The normalized spacial score (nSPS) is 16.2. The molecule has 0 saturated heterocycles. The molecule has 0 unspecified atom stereocenters. The Morgan fingerprint density at radius 3 is 2.84 bits per heavy atom. The summed E-state index contributed by atoms with van der Waals surface area (Å²) in [5.41, 5.74) is 6.84. The van der Waals surface area contributed by atoms with Gasteiger partial charge in [0.25, 0.3) is 5.56 Å². The van der Waals surface area contributed by atoms with E-state index in [4.69, 9.17) is 28.9 Å². The lowest BCUT2D eigenvalue weighted by Crippen LogP contribution is -2.23. The molecule has 134 valence electrons. The number of hydrogen-bond donors (Lipinski definition) is 3. The summed E-state index contributed by atoms with van der Waals surface area (Å²) in [5, 5.41) is 4.55. The van der Waals surface area contributed by atoms with E-state index >= 15 is 0 Å². The van der Waals surface area contributed by atoms with Gasteiger partial charge < -0.3 is 11.1 Å². The quantitative estimate of drug-likeness (QED) is 0.500. The van der Waals surface area contributed by atoms with Crippen molar-refractivity contribution in [1.82, 2.24) is 4.37 Å². The predicted molar refractivity (Wildman–Crippen MR) is 107 cm³/mol. The molecular formula is C17H20Cl2N4OS. The third-order valence-electron chi connectivity index (χ3n) is 4.40. The van der Waals surface area contributed by atoms with E-state index in [1.807, 2.05) is 0 Å². The van der Waals surface area contributed by atoms with Gasteiger partial charge in [0.2, 0.25) is 0 Å². The highest BCUT2D eigenvalue weighted by Crippen LogP contribution is 2.33. The molecule has 0 spiro atoms. The van der Waals surface area contributed by atoms with Crippen molar-refractivity contribution in [2.24, 2.45) is 16.6 Å². The molecule has 8 heteroatoms. The summed E-state index contributed by atoms with van der Waals surface area (Å²) in [7, 11) is 0. The van der Waals surface area contributed by atoms with Crippen LogP contribution in [-0.4, -0.2) is 16.8 Å². The van der Waals surface area contributed by atoms with Crippen molar-refractivity contribution in [2.45, 2.75) is 32.1 Å². The number of nitrogens with two attached hydrogens (primary N) is 1. The standard InChI is InChI=1S/C17H20Cl2N4OS/c18-11-7-4-8-12(14(11)19)22-17-13(16(24)23-25-17)15(20)21-9-10-5-2-1-3-6-10/h4,7-8,10,22H,1-3,5-6,9H2,(H2,20,21)(H,23,24). The first-order chi connectivity index (χ1) is 12.1. The van der Waals surface area contributed by atoms with E-state index < -0.39 is 0 Å². The Balaban J connectivity index is 1.81. The van der Waals surface area contributed by atoms with Crippen LogP contribution in [0.4, 0.5) is 10.7 Å². The van der Waals surface area contributed by atoms with Crippen LogP contribution in [0.15, 0.2) is 28.0 Å². The van der Waals surface area contributed by atoms with E-state index in [0.717, 1.165) is 11.5 Å². The molecule has 2 aromatic rings. The SMILES string of the molecule is NC(=NCC1CCCCC1)c1c(Nc2cccc(Cl)c2Cl)s[nH]c1=O. The fourth-order valence-corrected chi connectivity index (χ4v) is 4.13. The molecule has 5 nitrogen and oxygen atoms in total. The summed E-state index contributed by atoms with van der Waals surface area (Å²) in [6.45, 7) is 0.665. The number of rotatable bonds is 5. The lowest BCUT2D eigenvalue weighted by Gasteiger charge is -2.19. The summed E-state index contributed by atoms with van der Waals surface area (Å²) >= 11 is 13.4. The topological polar surface area (TPSA) is 83.3 Å². The number of aromatic amines is 1. The minimum atomic E-state index is -0.254. The van der Waals surface area contributed by atoms with Crippen molar-refractivity contribution in [2.75, 3.05) is 11.9 Å². The van der Waals surface area contributed by atoms with Gasteiger partial charge in [-0.1, -0.05) is 48.5 Å². The summed E-state index contributed by atoms with van der Waals surface area (Å²) < 4.78 is 2.70. The van der Waals surface area contributed by atoms with Crippen molar-refractivity contribution >= 4 is 51.3 Å². The second-order valence-electron chi connectivity index (χ2n) is 6.19. The van der Waals surface area contributed by atoms with Crippen LogP contribution in [0.1, 0.15) is 37.7 Å². The lowest BCUT2D eigenvalue weighted by molar-refractivity contribution is 0.367. The van der Waals surface area contributed by atoms with Crippen molar-refractivity contribution in [3.8, 4) is 0 Å². The number of nitrogens with one attached hydrogen (secondary N) is 2. The average molecular weight is 399 g/mol. The molecule has 0 bridgehead atoms. The van der Waals surface area contributed by atoms with Gasteiger partial charge in [0.15, 0.2) is 0 Å². The molecule has 0 aliphatic heterocycles. The predicted octanol–water partition coefficient (Wildman–Crippen LogP) is 4.77. The van der Waals surface area contributed by atoms with Crippen molar-refractivity contribution in [1.29, 1.82) is 0 Å². The van der Waals surface area contributed by atoms with Crippen LogP contribution < -0.4 is 16.6 Å². The van der Waals surface area contributed by atoms with Gasteiger partial charge >= 0.3 is 0 Å². The Labute approximate surface area is 160 Å². The van der Waals surface area contributed by atoms with Gasteiger partial charge in [0.05, 0.1) is 15.7 Å². The van der Waals surface area contributed by atoms with E-state index in [1.54, 1.807) is 18.2 Å². The second-order valence-corrected chi connectivity index (χ2v) is 7.80. The van der Waals surface area contributed by atoms with Crippen LogP contribution in [0, 0.1) is 5.92 Å². The van der Waals surface area contributed by atoms with Crippen LogP contribution in [0.2, 0.25) is 10.0 Å². The molecule has 1 aromatic heterocycles. The zero-order valence-electron chi connectivity index (χ0n) is 13.6. The molecule has 1 aliphatic rings. The zero-order chi connectivity index (χ0) is 17.8. The zero-order valence-corrected chi connectivity index (χ0v) is 16.0. The van der Waals surface area contributed by atoms with E-state index in [9.17, 15) is 4.79 Å². The minimum absolute atomic E-state index is 0.254. The first-order valence-electron chi connectivity index (χ1n) is 8.29. The van der Waals surface area contributed by atoms with Crippen LogP contribution in [-0.2, 0) is 0 Å². The number of aromatic nitrogens is 1. The molecule has 4 N–H and O–H groups in total. The third kappa shape index (κ3) is 4.37. The van der Waals surface area contributed by atoms with E-state index in [-0.39, 0.29) is 11.4 Å². The average Bonchev–Trinajstić information content (AvgIpc) is 2.98. The number of hydrogen-bond acceptors (Lipinski definition) is 4. The fraction of sp³-hybridized carbons (Fsp3) is 0.412. The summed E-state index contributed by atoms with van der Waals surface area (Å²) in [5.74, 6) is 0.817.